The van der Waals surface area contributed by atoms with E-state index in [2.05, 4.69) is 26.3 Å². The maximum Gasteiger partial charge on any atom is 0.272 e. The highest BCUT2D eigenvalue weighted by Crippen LogP contribution is 2.31. The van der Waals surface area contributed by atoms with E-state index in [4.69, 9.17) is 6.42 Å². The van der Waals surface area contributed by atoms with Gasteiger partial charge in [0.2, 0.25) is 0 Å². The molecule has 2 aromatic heterocycles. The van der Waals surface area contributed by atoms with E-state index in [1.807, 2.05) is 0 Å². The van der Waals surface area contributed by atoms with Crippen LogP contribution in [0.4, 0.5) is 4.39 Å². The molecular formula is C16H11FN6O. The van der Waals surface area contributed by atoms with Crippen molar-refractivity contribution in [3.8, 4) is 29.4 Å². The third-order valence-corrected chi connectivity index (χ3v) is 3.81. The van der Waals surface area contributed by atoms with Gasteiger partial charge in [0, 0.05) is 5.56 Å². The van der Waals surface area contributed by atoms with Gasteiger partial charge < -0.3 is 5.32 Å². The Morgan fingerprint density at radius 3 is 3.12 bits per heavy atom. The first-order valence-corrected chi connectivity index (χ1v) is 7.15. The van der Waals surface area contributed by atoms with Crippen LogP contribution < -0.4 is 5.32 Å². The lowest BCUT2D eigenvalue weighted by Crippen LogP contribution is -2.25. The Morgan fingerprint density at radius 1 is 1.42 bits per heavy atom. The quantitative estimate of drug-likeness (QED) is 0.558. The van der Waals surface area contributed by atoms with Crippen LogP contribution in [0.5, 0.6) is 0 Å². The lowest BCUT2D eigenvalue weighted by atomic mass is 10.1. The van der Waals surface area contributed by atoms with Gasteiger partial charge in [0.1, 0.15) is 18.5 Å². The second kappa shape index (κ2) is 5.31. The van der Waals surface area contributed by atoms with E-state index < -0.39 is 0 Å². The molecule has 0 saturated heterocycles. The Bertz CT molecular complexity index is 996. The summed E-state index contributed by atoms with van der Waals surface area (Å²) in [5, 5.41) is 6.76. The van der Waals surface area contributed by atoms with Crippen LogP contribution in [0.25, 0.3) is 17.1 Å². The van der Waals surface area contributed by atoms with E-state index in [0.29, 0.717) is 22.8 Å². The predicted octanol–water partition coefficient (Wildman–Crippen LogP) is 0.995. The maximum atomic E-state index is 13.7. The molecule has 0 aliphatic carbocycles. The number of terminal acetylenes is 1. The van der Waals surface area contributed by atoms with Crippen molar-refractivity contribution in [2.75, 3.05) is 6.54 Å². The smallest absolute Gasteiger partial charge is 0.272 e. The molecule has 4 rings (SSSR count). The van der Waals surface area contributed by atoms with Crippen LogP contribution in [0.15, 0.2) is 30.9 Å². The lowest BCUT2D eigenvalue weighted by molar-refractivity contribution is 0.0953. The zero-order valence-corrected chi connectivity index (χ0v) is 12.4. The van der Waals surface area contributed by atoms with Crippen LogP contribution in [0.2, 0.25) is 0 Å². The molecule has 0 bridgehead atoms. The van der Waals surface area contributed by atoms with Gasteiger partial charge in [0.25, 0.3) is 5.91 Å². The number of hydrogen-bond donors (Lipinski definition) is 1. The topological polar surface area (TPSA) is 77.6 Å². The Balaban J connectivity index is 1.92. The van der Waals surface area contributed by atoms with Crippen molar-refractivity contribution in [2.45, 2.75) is 6.54 Å². The molecule has 8 heteroatoms. The molecule has 0 saturated carbocycles. The van der Waals surface area contributed by atoms with Crippen LogP contribution in [0.1, 0.15) is 16.2 Å². The largest absolute Gasteiger partial charge is 0.340 e. The second-order valence-electron chi connectivity index (χ2n) is 5.20. The molecule has 1 amide bonds. The number of carbonyl (C=O) groups excluding carboxylic acids is 1. The number of fused-ring (bicyclic) bond motifs is 5. The van der Waals surface area contributed by atoms with E-state index in [1.165, 1.54) is 24.8 Å². The van der Waals surface area contributed by atoms with Gasteiger partial charge in [0.05, 0.1) is 24.5 Å². The van der Waals surface area contributed by atoms with Gasteiger partial charge in [-0.15, -0.1) is 6.42 Å². The lowest BCUT2D eigenvalue weighted by Gasteiger charge is -2.08. The summed E-state index contributed by atoms with van der Waals surface area (Å²) < 4.78 is 17.1. The minimum Gasteiger partial charge on any atom is -0.340 e. The maximum absolute atomic E-state index is 13.7. The Hall–Kier alpha value is -3.47. The molecule has 118 valence electrons. The number of carbonyl (C=O) groups is 1. The average Bonchev–Trinajstić information content (AvgIpc) is 3.18. The van der Waals surface area contributed by atoms with Gasteiger partial charge in [-0.1, -0.05) is 5.92 Å². The van der Waals surface area contributed by atoms with Gasteiger partial charge in [-0.2, -0.15) is 5.10 Å². The molecule has 0 radical (unpaired) electrons. The number of amides is 1. The fourth-order valence-corrected chi connectivity index (χ4v) is 2.76. The summed E-state index contributed by atoms with van der Waals surface area (Å²) in [6, 6.07) is 4.37. The van der Waals surface area contributed by atoms with Crippen molar-refractivity contribution in [1.29, 1.82) is 0 Å². The summed E-state index contributed by atoms with van der Waals surface area (Å²) in [6.45, 7) is 0.395. The average molecular weight is 322 g/mol. The first kappa shape index (κ1) is 14.1. The molecule has 0 unspecified atom stereocenters. The van der Waals surface area contributed by atoms with Crippen molar-refractivity contribution < 1.29 is 9.18 Å². The summed E-state index contributed by atoms with van der Waals surface area (Å²) in [6.07, 6.45) is 8.10. The number of halogens is 1. The SMILES string of the molecule is C#CCNC(=O)c1ncn2c1Cn1ncnc1-c1cc(F)ccc1-2. The summed E-state index contributed by atoms with van der Waals surface area (Å²) in [5.74, 6) is 2.14. The van der Waals surface area contributed by atoms with Crippen molar-refractivity contribution in [1.82, 2.24) is 29.6 Å². The standard InChI is InChI=1S/C16H11FN6O/c1-2-5-18-16(24)14-13-7-23-15(19-8-21-23)11-6-10(17)3-4-12(11)22(13)9-20-14/h1,3-4,6,8-9H,5,7H2,(H,18,24). The molecule has 7 nitrogen and oxygen atoms in total. The molecule has 0 fully saturated rings. The van der Waals surface area contributed by atoms with Gasteiger partial charge in [0.15, 0.2) is 11.5 Å². The summed E-state index contributed by atoms with van der Waals surface area (Å²) in [4.78, 5) is 20.7. The van der Waals surface area contributed by atoms with Crippen molar-refractivity contribution >= 4 is 5.91 Å². The Kier molecular flexibility index (Phi) is 3.13. The van der Waals surface area contributed by atoms with E-state index in [0.717, 1.165) is 0 Å². The second-order valence-corrected chi connectivity index (χ2v) is 5.20. The molecule has 24 heavy (non-hydrogen) atoms. The van der Waals surface area contributed by atoms with Crippen LogP contribution in [0.3, 0.4) is 0 Å². The summed E-state index contributed by atoms with van der Waals surface area (Å²) in [7, 11) is 0. The predicted molar refractivity (Wildman–Crippen MR) is 82.8 cm³/mol. The van der Waals surface area contributed by atoms with Crippen LogP contribution in [-0.4, -0.2) is 36.8 Å². The normalized spacial score (nSPS) is 11.7. The molecule has 0 spiro atoms. The zero-order chi connectivity index (χ0) is 16.7. The van der Waals surface area contributed by atoms with Crippen LogP contribution in [-0.2, 0) is 6.54 Å². The van der Waals surface area contributed by atoms with Gasteiger partial charge in [-0.3, -0.25) is 9.36 Å². The number of rotatable bonds is 2. The van der Waals surface area contributed by atoms with Gasteiger partial charge in [-0.25, -0.2) is 19.0 Å². The van der Waals surface area contributed by atoms with Crippen LogP contribution in [0, 0.1) is 18.2 Å². The van der Waals surface area contributed by atoms with Gasteiger partial charge in [-0.05, 0) is 18.2 Å². The van der Waals surface area contributed by atoms with Gasteiger partial charge >= 0.3 is 0 Å². The number of benzene rings is 1. The summed E-state index contributed by atoms with van der Waals surface area (Å²) >= 11 is 0. The number of nitrogens with zero attached hydrogens (tertiary/aromatic N) is 5. The van der Waals surface area contributed by atoms with E-state index in [1.54, 1.807) is 15.3 Å². The third kappa shape index (κ3) is 2.06. The van der Waals surface area contributed by atoms with E-state index in [-0.39, 0.29) is 30.5 Å². The van der Waals surface area contributed by atoms with Crippen molar-refractivity contribution in [3.05, 3.63) is 48.1 Å². The summed E-state index contributed by atoms with van der Waals surface area (Å²) in [5.41, 5.74) is 2.14. The number of nitrogens with one attached hydrogen (secondary N) is 1. The van der Waals surface area contributed by atoms with Crippen LogP contribution >= 0.6 is 0 Å². The van der Waals surface area contributed by atoms with E-state index >= 15 is 0 Å². The Labute approximate surface area is 136 Å². The molecule has 1 aromatic carbocycles. The highest BCUT2D eigenvalue weighted by atomic mass is 19.1. The molecule has 1 N–H and O–H groups in total. The molecule has 3 heterocycles. The monoisotopic (exact) mass is 322 g/mol. The molecular weight excluding hydrogens is 311 g/mol. The fourth-order valence-electron chi connectivity index (χ4n) is 2.76. The molecule has 0 atom stereocenters. The third-order valence-electron chi connectivity index (χ3n) is 3.81. The van der Waals surface area contributed by atoms with E-state index in [9.17, 15) is 9.18 Å². The first-order chi connectivity index (χ1) is 11.7. The minimum absolute atomic E-state index is 0.113. The molecule has 1 aliphatic rings. The fraction of sp³-hybridized carbons (Fsp3) is 0.125. The number of imidazole rings is 1. The number of hydrogen-bond acceptors (Lipinski definition) is 4. The Morgan fingerprint density at radius 2 is 2.29 bits per heavy atom. The van der Waals surface area contributed by atoms with Crippen molar-refractivity contribution in [2.24, 2.45) is 0 Å². The number of aromatic nitrogens is 5. The first-order valence-electron chi connectivity index (χ1n) is 7.15. The highest BCUT2D eigenvalue weighted by molar-refractivity contribution is 5.94. The molecule has 3 aromatic rings. The zero-order valence-electron chi connectivity index (χ0n) is 12.4. The molecule has 1 aliphatic heterocycles. The minimum atomic E-state index is -0.376. The highest BCUT2D eigenvalue weighted by Gasteiger charge is 2.26. The van der Waals surface area contributed by atoms with Crippen molar-refractivity contribution in [3.63, 3.8) is 0 Å².